The molecule has 1 unspecified atom stereocenters. The Bertz CT molecular complexity index is 552. The van der Waals surface area contributed by atoms with Gasteiger partial charge in [-0.1, -0.05) is 32.9 Å². The lowest BCUT2D eigenvalue weighted by Crippen LogP contribution is -2.38. The molecule has 118 valence electrons. The van der Waals surface area contributed by atoms with Gasteiger partial charge < -0.3 is 5.32 Å². The van der Waals surface area contributed by atoms with Gasteiger partial charge in [-0.05, 0) is 43.0 Å². The Hall–Kier alpha value is -0.910. The van der Waals surface area contributed by atoms with E-state index in [2.05, 4.69) is 26.1 Å². The first-order valence-electron chi connectivity index (χ1n) is 7.78. The van der Waals surface area contributed by atoms with Crippen molar-refractivity contribution >= 4 is 10.0 Å². The molecule has 0 radical (unpaired) electrons. The van der Waals surface area contributed by atoms with Crippen LogP contribution in [0, 0.1) is 5.92 Å². The van der Waals surface area contributed by atoms with Crippen LogP contribution in [0.25, 0.3) is 0 Å². The topological polar surface area (TPSA) is 49.4 Å². The number of rotatable bonds is 6. The largest absolute Gasteiger partial charge is 0.313 e. The monoisotopic (exact) mass is 310 g/mol. The molecule has 0 saturated carbocycles. The van der Waals surface area contributed by atoms with Gasteiger partial charge in [-0.15, -0.1) is 0 Å². The summed E-state index contributed by atoms with van der Waals surface area (Å²) >= 11 is 0. The second-order valence-electron chi connectivity index (χ2n) is 5.99. The van der Waals surface area contributed by atoms with Gasteiger partial charge >= 0.3 is 0 Å². The van der Waals surface area contributed by atoms with Crippen molar-refractivity contribution in [3.63, 3.8) is 0 Å². The van der Waals surface area contributed by atoms with E-state index < -0.39 is 10.0 Å². The zero-order valence-electron chi connectivity index (χ0n) is 13.2. The van der Waals surface area contributed by atoms with Gasteiger partial charge in [0.1, 0.15) is 0 Å². The van der Waals surface area contributed by atoms with Gasteiger partial charge in [0.25, 0.3) is 0 Å². The third-order valence-corrected chi connectivity index (χ3v) is 6.07. The fourth-order valence-electron chi connectivity index (χ4n) is 2.91. The summed E-state index contributed by atoms with van der Waals surface area (Å²) in [5.41, 5.74) is 1.11. The molecule has 1 aromatic carbocycles. The van der Waals surface area contributed by atoms with Crippen molar-refractivity contribution in [2.45, 2.75) is 51.1 Å². The van der Waals surface area contributed by atoms with E-state index in [1.165, 1.54) is 0 Å². The van der Waals surface area contributed by atoms with Crippen molar-refractivity contribution in [2.24, 2.45) is 5.92 Å². The van der Waals surface area contributed by atoms with E-state index in [4.69, 9.17) is 0 Å². The van der Waals surface area contributed by atoms with Gasteiger partial charge in [0, 0.05) is 19.1 Å². The molecule has 0 bridgehead atoms. The van der Waals surface area contributed by atoms with Gasteiger partial charge in [0.05, 0.1) is 4.90 Å². The number of nitrogens with zero attached hydrogens (tertiary/aromatic N) is 1. The Labute approximate surface area is 128 Å². The summed E-state index contributed by atoms with van der Waals surface area (Å²) in [5.74, 6) is 0.357. The zero-order chi connectivity index (χ0) is 15.5. The van der Waals surface area contributed by atoms with Crippen LogP contribution in [0.15, 0.2) is 29.2 Å². The molecular formula is C16H26N2O2S. The molecule has 1 aromatic rings. The molecule has 0 aliphatic carbocycles. The van der Waals surface area contributed by atoms with Crippen molar-refractivity contribution < 1.29 is 8.42 Å². The van der Waals surface area contributed by atoms with E-state index in [1.807, 2.05) is 12.1 Å². The summed E-state index contributed by atoms with van der Waals surface area (Å²) < 4.78 is 27.3. The third-order valence-electron chi connectivity index (χ3n) is 4.13. The van der Waals surface area contributed by atoms with Crippen LogP contribution in [0.4, 0.5) is 0 Å². The SMILES string of the molecule is CCNCc1ccc(S(=O)(=O)N2CCCC2C(C)C)cc1. The summed E-state index contributed by atoms with van der Waals surface area (Å²) in [5, 5.41) is 3.24. The van der Waals surface area contributed by atoms with Crippen molar-refractivity contribution in [3.05, 3.63) is 29.8 Å². The highest BCUT2D eigenvalue weighted by Crippen LogP contribution is 2.30. The van der Waals surface area contributed by atoms with Crippen molar-refractivity contribution in [1.82, 2.24) is 9.62 Å². The second kappa shape index (κ2) is 6.90. The summed E-state index contributed by atoms with van der Waals surface area (Å²) in [6.07, 6.45) is 1.93. The van der Waals surface area contributed by atoms with Crippen LogP contribution in [0.2, 0.25) is 0 Å². The Morgan fingerprint density at radius 1 is 1.29 bits per heavy atom. The normalized spacial score (nSPS) is 20.3. The molecule has 1 saturated heterocycles. The first-order chi connectivity index (χ1) is 9.96. The highest BCUT2D eigenvalue weighted by atomic mass is 32.2. The fraction of sp³-hybridized carbons (Fsp3) is 0.625. The van der Waals surface area contributed by atoms with Crippen molar-refractivity contribution in [2.75, 3.05) is 13.1 Å². The third kappa shape index (κ3) is 3.65. The molecule has 2 rings (SSSR count). The Balaban J connectivity index is 2.19. The van der Waals surface area contributed by atoms with Gasteiger partial charge in [-0.3, -0.25) is 0 Å². The lowest BCUT2D eigenvalue weighted by molar-refractivity contribution is 0.316. The van der Waals surface area contributed by atoms with Gasteiger partial charge in [-0.25, -0.2) is 8.42 Å². The first-order valence-corrected chi connectivity index (χ1v) is 9.22. The van der Waals surface area contributed by atoms with Crippen molar-refractivity contribution in [3.8, 4) is 0 Å². The van der Waals surface area contributed by atoms with Crippen LogP contribution < -0.4 is 5.32 Å². The molecule has 21 heavy (non-hydrogen) atoms. The van der Waals surface area contributed by atoms with Crippen LogP contribution in [-0.2, 0) is 16.6 Å². The summed E-state index contributed by atoms with van der Waals surface area (Å²) in [6.45, 7) is 8.57. The van der Waals surface area contributed by atoms with E-state index in [9.17, 15) is 8.42 Å². The number of nitrogens with one attached hydrogen (secondary N) is 1. The molecule has 0 spiro atoms. The quantitative estimate of drug-likeness (QED) is 0.878. The maximum atomic E-state index is 12.8. The van der Waals surface area contributed by atoms with E-state index >= 15 is 0 Å². The Kier molecular flexibility index (Phi) is 5.41. The molecular weight excluding hydrogens is 284 g/mol. The van der Waals surface area contributed by atoms with Crippen LogP contribution >= 0.6 is 0 Å². The Morgan fingerprint density at radius 2 is 1.95 bits per heavy atom. The van der Waals surface area contributed by atoms with Crippen LogP contribution in [0.1, 0.15) is 39.2 Å². The minimum atomic E-state index is -3.36. The van der Waals surface area contributed by atoms with Crippen LogP contribution in [0.5, 0.6) is 0 Å². The summed E-state index contributed by atoms with van der Waals surface area (Å²) in [7, 11) is -3.36. The van der Waals surface area contributed by atoms with Crippen LogP contribution in [-0.4, -0.2) is 31.9 Å². The molecule has 5 heteroatoms. The molecule has 0 amide bonds. The fourth-order valence-corrected chi connectivity index (χ4v) is 4.74. The van der Waals surface area contributed by atoms with Crippen molar-refractivity contribution in [1.29, 1.82) is 0 Å². The molecule has 4 nitrogen and oxygen atoms in total. The first kappa shape index (κ1) is 16.5. The number of benzene rings is 1. The smallest absolute Gasteiger partial charge is 0.243 e. The lowest BCUT2D eigenvalue weighted by atomic mass is 10.0. The van der Waals surface area contributed by atoms with E-state index in [1.54, 1.807) is 16.4 Å². The van der Waals surface area contributed by atoms with Gasteiger partial charge in [0.15, 0.2) is 0 Å². The number of hydrogen-bond acceptors (Lipinski definition) is 3. The highest BCUT2D eigenvalue weighted by molar-refractivity contribution is 7.89. The maximum Gasteiger partial charge on any atom is 0.243 e. The molecule has 1 aliphatic heterocycles. The average Bonchev–Trinajstić information content (AvgIpc) is 2.96. The molecule has 1 aliphatic rings. The van der Waals surface area contributed by atoms with E-state index in [-0.39, 0.29) is 6.04 Å². The minimum Gasteiger partial charge on any atom is -0.313 e. The van der Waals surface area contributed by atoms with E-state index in [0.29, 0.717) is 17.4 Å². The lowest BCUT2D eigenvalue weighted by Gasteiger charge is -2.27. The predicted octanol–water partition coefficient (Wildman–Crippen LogP) is 2.61. The summed E-state index contributed by atoms with van der Waals surface area (Å²) in [4.78, 5) is 0.412. The Morgan fingerprint density at radius 3 is 2.52 bits per heavy atom. The molecule has 1 fully saturated rings. The van der Waals surface area contributed by atoms with Gasteiger partial charge in [0.2, 0.25) is 10.0 Å². The van der Waals surface area contributed by atoms with Crippen LogP contribution in [0.3, 0.4) is 0 Å². The van der Waals surface area contributed by atoms with Gasteiger partial charge in [-0.2, -0.15) is 4.31 Å². The number of sulfonamides is 1. The summed E-state index contributed by atoms with van der Waals surface area (Å²) in [6, 6.07) is 7.40. The van der Waals surface area contributed by atoms with E-state index in [0.717, 1.165) is 31.5 Å². The average molecular weight is 310 g/mol. The highest BCUT2D eigenvalue weighted by Gasteiger charge is 2.36. The number of hydrogen-bond donors (Lipinski definition) is 1. The maximum absolute atomic E-state index is 12.8. The molecule has 1 heterocycles. The molecule has 1 N–H and O–H groups in total. The zero-order valence-corrected chi connectivity index (χ0v) is 14.0. The predicted molar refractivity (Wildman–Crippen MR) is 85.6 cm³/mol. The second-order valence-corrected chi connectivity index (χ2v) is 7.88. The molecule has 1 atom stereocenters. The standard InChI is InChI=1S/C16H26N2O2S/c1-4-17-12-14-7-9-15(10-8-14)21(19,20)18-11-5-6-16(18)13(2)3/h7-10,13,16-17H,4-6,11-12H2,1-3H3. The minimum absolute atomic E-state index is 0.136. The molecule has 0 aromatic heterocycles.